The maximum atomic E-state index is 12.0. The van der Waals surface area contributed by atoms with Gasteiger partial charge in [-0.2, -0.15) is 0 Å². The van der Waals surface area contributed by atoms with Gasteiger partial charge in [0.15, 0.2) is 5.69 Å². The lowest BCUT2D eigenvalue weighted by atomic mass is 10.1. The van der Waals surface area contributed by atoms with Crippen molar-refractivity contribution in [1.82, 2.24) is 31.1 Å². The third-order valence-corrected chi connectivity index (χ3v) is 3.47. The Balaban J connectivity index is 1.63. The summed E-state index contributed by atoms with van der Waals surface area (Å²) in [5.74, 6) is -0.778. The highest BCUT2D eigenvalue weighted by molar-refractivity contribution is 5.96. The van der Waals surface area contributed by atoms with Gasteiger partial charge in [0.2, 0.25) is 0 Å². The molecule has 20 heavy (non-hydrogen) atoms. The van der Waals surface area contributed by atoms with Crippen LogP contribution in [0.5, 0.6) is 0 Å². The minimum absolute atomic E-state index is 0.118. The average molecular weight is 280 g/mol. The lowest BCUT2D eigenvalue weighted by Gasteiger charge is -2.22. The Hall–Kier alpha value is -2.00. The highest BCUT2D eigenvalue weighted by Crippen LogP contribution is 2.17. The first-order chi connectivity index (χ1) is 9.74. The van der Waals surface area contributed by atoms with Crippen LogP contribution < -0.4 is 16.1 Å². The zero-order chi connectivity index (χ0) is 13.9. The summed E-state index contributed by atoms with van der Waals surface area (Å²) in [4.78, 5) is 28.0. The summed E-state index contributed by atoms with van der Waals surface area (Å²) < 4.78 is 1.72. The number of hydrogen-bond acceptors (Lipinski definition) is 6. The second-order valence-corrected chi connectivity index (χ2v) is 4.87. The number of amides is 2. The lowest BCUT2D eigenvalue weighted by molar-refractivity contribution is -0.125. The fraction of sp³-hybridized carbons (Fsp3) is 0.636. The van der Waals surface area contributed by atoms with Crippen molar-refractivity contribution < 1.29 is 14.4 Å². The van der Waals surface area contributed by atoms with Crippen molar-refractivity contribution in [2.45, 2.75) is 24.9 Å². The first-order valence-electron chi connectivity index (χ1n) is 6.59. The third-order valence-electron chi connectivity index (χ3n) is 3.47. The zero-order valence-corrected chi connectivity index (χ0v) is 10.8. The standard InChI is InChI=1S/C11H16N6O3/c18-10(13-9-6-20-15-11(9)19)8-5-17(16-14-8)7-1-3-12-4-2-7/h5,7,9,12H,1-4,6H2,(H,13,18)(H,15,19)/t9-/m1/s1. The minimum atomic E-state index is -0.675. The van der Waals surface area contributed by atoms with Crippen molar-refractivity contribution >= 4 is 11.8 Å². The van der Waals surface area contributed by atoms with E-state index in [0.29, 0.717) is 0 Å². The van der Waals surface area contributed by atoms with Crippen molar-refractivity contribution in [2.75, 3.05) is 19.7 Å². The Morgan fingerprint density at radius 3 is 2.95 bits per heavy atom. The highest BCUT2D eigenvalue weighted by atomic mass is 16.7. The Morgan fingerprint density at radius 1 is 1.45 bits per heavy atom. The Labute approximate surface area is 115 Å². The third kappa shape index (κ3) is 2.63. The number of nitrogens with zero attached hydrogens (tertiary/aromatic N) is 3. The van der Waals surface area contributed by atoms with E-state index in [0.717, 1.165) is 25.9 Å². The lowest BCUT2D eigenvalue weighted by Crippen LogP contribution is -2.41. The first kappa shape index (κ1) is 13.0. The number of hydroxylamine groups is 1. The summed E-state index contributed by atoms with van der Waals surface area (Å²) in [5.41, 5.74) is 2.39. The molecule has 1 aromatic rings. The molecular weight excluding hydrogens is 264 g/mol. The van der Waals surface area contributed by atoms with Crippen LogP contribution in [0.4, 0.5) is 0 Å². The van der Waals surface area contributed by atoms with Crippen LogP contribution in [-0.4, -0.2) is 52.5 Å². The number of hydrogen-bond donors (Lipinski definition) is 3. The van der Waals surface area contributed by atoms with Gasteiger partial charge in [-0.1, -0.05) is 5.21 Å². The molecule has 9 heteroatoms. The van der Waals surface area contributed by atoms with Gasteiger partial charge in [-0.05, 0) is 25.9 Å². The molecule has 0 unspecified atom stereocenters. The van der Waals surface area contributed by atoms with Crippen LogP contribution in [0.3, 0.4) is 0 Å². The molecule has 0 spiro atoms. The van der Waals surface area contributed by atoms with E-state index in [2.05, 4.69) is 26.4 Å². The van der Waals surface area contributed by atoms with E-state index >= 15 is 0 Å². The summed E-state index contributed by atoms with van der Waals surface area (Å²) >= 11 is 0. The summed E-state index contributed by atoms with van der Waals surface area (Å²) in [6.45, 7) is 1.99. The smallest absolute Gasteiger partial charge is 0.274 e. The molecule has 3 heterocycles. The summed E-state index contributed by atoms with van der Waals surface area (Å²) in [6, 6.07) is -0.407. The Bertz CT molecular complexity index is 510. The Morgan fingerprint density at radius 2 is 2.25 bits per heavy atom. The predicted octanol–water partition coefficient (Wildman–Crippen LogP) is -1.64. The molecule has 1 aromatic heterocycles. The van der Waals surface area contributed by atoms with Gasteiger partial charge in [0.1, 0.15) is 12.6 Å². The molecule has 1 atom stereocenters. The number of piperidine rings is 1. The van der Waals surface area contributed by atoms with Crippen LogP contribution in [0.25, 0.3) is 0 Å². The normalized spacial score (nSPS) is 23.6. The number of aromatic nitrogens is 3. The topological polar surface area (TPSA) is 110 Å². The van der Waals surface area contributed by atoms with E-state index < -0.39 is 11.9 Å². The zero-order valence-electron chi connectivity index (χ0n) is 10.8. The summed E-state index contributed by atoms with van der Waals surface area (Å²) in [7, 11) is 0. The van der Waals surface area contributed by atoms with Crippen molar-refractivity contribution in [3.63, 3.8) is 0 Å². The predicted molar refractivity (Wildman–Crippen MR) is 66.5 cm³/mol. The maximum Gasteiger partial charge on any atom is 0.274 e. The van der Waals surface area contributed by atoms with Crippen molar-refractivity contribution in [3.8, 4) is 0 Å². The molecule has 2 aliphatic rings. The molecule has 3 N–H and O–H groups in total. The van der Waals surface area contributed by atoms with Crippen molar-refractivity contribution in [1.29, 1.82) is 0 Å². The molecular formula is C11H16N6O3. The SMILES string of the molecule is O=C(N[C@@H]1CONC1=O)c1cn(C2CCNCC2)nn1. The molecule has 0 bridgehead atoms. The number of carbonyl (C=O) groups excluding carboxylic acids is 2. The minimum Gasteiger partial charge on any atom is -0.337 e. The van der Waals surface area contributed by atoms with E-state index in [-0.39, 0.29) is 24.2 Å². The van der Waals surface area contributed by atoms with Crippen molar-refractivity contribution in [3.05, 3.63) is 11.9 Å². The molecule has 0 radical (unpaired) electrons. The van der Waals surface area contributed by atoms with Gasteiger partial charge >= 0.3 is 0 Å². The van der Waals surface area contributed by atoms with Crippen LogP contribution in [0.15, 0.2) is 6.20 Å². The van der Waals surface area contributed by atoms with Crippen LogP contribution >= 0.6 is 0 Å². The second kappa shape index (κ2) is 5.55. The molecule has 0 aliphatic carbocycles. The number of carbonyl (C=O) groups is 2. The van der Waals surface area contributed by atoms with Gasteiger partial charge in [-0.25, -0.2) is 10.2 Å². The van der Waals surface area contributed by atoms with Crippen LogP contribution in [-0.2, 0) is 9.63 Å². The van der Waals surface area contributed by atoms with Gasteiger partial charge in [-0.15, -0.1) is 5.10 Å². The summed E-state index contributed by atoms with van der Waals surface area (Å²) in [6.07, 6.45) is 3.55. The summed E-state index contributed by atoms with van der Waals surface area (Å²) in [5, 5.41) is 13.7. The fourth-order valence-corrected chi connectivity index (χ4v) is 2.31. The quantitative estimate of drug-likeness (QED) is 0.612. The second-order valence-electron chi connectivity index (χ2n) is 4.87. The van der Waals surface area contributed by atoms with E-state index in [1.807, 2.05) is 0 Å². The monoisotopic (exact) mass is 280 g/mol. The molecule has 2 aliphatic heterocycles. The average Bonchev–Trinajstić information content (AvgIpc) is 3.10. The number of nitrogens with one attached hydrogen (secondary N) is 3. The Kier molecular flexibility index (Phi) is 3.61. The first-order valence-corrected chi connectivity index (χ1v) is 6.59. The fourth-order valence-electron chi connectivity index (χ4n) is 2.31. The molecule has 0 aromatic carbocycles. The van der Waals surface area contributed by atoms with Gasteiger partial charge in [0.25, 0.3) is 11.8 Å². The van der Waals surface area contributed by atoms with Crippen LogP contribution in [0.2, 0.25) is 0 Å². The molecule has 2 amide bonds. The molecule has 2 fully saturated rings. The van der Waals surface area contributed by atoms with Gasteiger partial charge in [-0.3, -0.25) is 14.4 Å². The highest BCUT2D eigenvalue weighted by Gasteiger charge is 2.28. The van der Waals surface area contributed by atoms with Gasteiger partial charge < -0.3 is 10.6 Å². The van der Waals surface area contributed by atoms with Gasteiger partial charge in [0, 0.05) is 0 Å². The van der Waals surface area contributed by atoms with Gasteiger partial charge in [0.05, 0.1) is 12.2 Å². The van der Waals surface area contributed by atoms with Crippen molar-refractivity contribution in [2.24, 2.45) is 0 Å². The molecule has 2 saturated heterocycles. The van der Waals surface area contributed by atoms with Crippen LogP contribution in [0.1, 0.15) is 29.4 Å². The van der Waals surface area contributed by atoms with E-state index in [4.69, 9.17) is 4.84 Å². The van der Waals surface area contributed by atoms with Crippen LogP contribution in [0, 0.1) is 0 Å². The van der Waals surface area contributed by atoms with E-state index in [9.17, 15) is 9.59 Å². The maximum absolute atomic E-state index is 12.0. The molecule has 108 valence electrons. The molecule has 9 nitrogen and oxygen atoms in total. The largest absolute Gasteiger partial charge is 0.337 e. The van der Waals surface area contributed by atoms with E-state index in [1.165, 1.54) is 0 Å². The van der Waals surface area contributed by atoms with E-state index in [1.54, 1.807) is 10.9 Å². The molecule has 3 rings (SSSR count). The number of rotatable bonds is 3. The molecule has 0 saturated carbocycles.